The van der Waals surface area contributed by atoms with E-state index in [1.165, 1.54) is 22.7 Å². The highest BCUT2D eigenvalue weighted by atomic mass is 32.2. The van der Waals surface area contributed by atoms with Crippen LogP contribution in [-0.4, -0.2) is 47.9 Å². The Kier molecular flexibility index (Phi) is 8.82. The van der Waals surface area contributed by atoms with Crippen LogP contribution in [0.4, 0.5) is 0 Å². The molecule has 0 saturated heterocycles. The molecule has 0 aliphatic heterocycles. The van der Waals surface area contributed by atoms with Crippen LogP contribution in [0.1, 0.15) is 31.7 Å². The molecule has 0 bridgehead atoms. The number of benzene rings is 2. The van der Waals surface area contributed by atoms with Crippen molar-refractivity contribution in [3.05, 3.63) is 72.3 Å². The lowest BCUT2D eigenvalue weighted by atomic mass is 9.90. The molecule has 0 saturated carbocycles. The molecular weight excluding hydrogens is 466 g/mol. The minimum Gasteiger partial charge on any atom is -0.449 e. The average molecular weight is 500 g/mol. The van der Waals surface area contributed by atoms with Crippen molar-refractivity contribution >= 4 is 15.9 Å². The first-order valence-corrected chi connectivity index (χ1v) is 13.0. The molecule has 2 aromatic carbocycles. The van der Waals surface area contributed by atoms with Crippen LogP contribution in [0.2, 0.25) is 0 Å². The van der Waals surface area contributed by atoms with Gasteiger partial charge in [-0.25, -0.2) is 13.4 Å². The molecule has 8 nitrogen and oxygen atoms in total. The molecule has 0 aliphatic carbocycles. The van der Waals surface area contributed by atoms with Gasteiger partial charge in [0, 0.05) is 32.0 Å². The van der Waals surface area contributed by atoms with E-state index in [-0.39, 0.29) is 30.3 Å². The molecule has 2 atom stereocenters. The summed E-state index contributed by atoms with van der Waals surface area (Å²) < 4.78 is 33.6. The molecule has 0 radical (unpaired) electrons. The van der Waals surface area contributed by atoms with Crippen molar-refractivity contribution < 1.29 is 22.7 Å². The predicted molar refractivity (Wildman–Crippen MR) is 134 cm³/mol. The first-order chi connectivity index (χ1) is 16.6. The fourth-order valence-corrected chi connectivity index (χ4v) is 5.62. The molecule has 3 aromatic rings. The molecule has 1 amide bonds. The molecule has 0 spiro atoms. The number of hydrogen-bond donors (Lipinski definition) is 2. The zero-order valence-corrected chi connectivity index (χ0v) is 21.1. The summed E-state index contributed by atoms with van der Waals surface area (Å²) in [6.07, 6.45) is 0.809. The summed E-state index contributed by atoms with van der Waals surface area (Å²) in [5.41, 5.74) is 7.74. The second kappa shape index (κ2) is 11.6. The van der Waals surface area contributed by atoms with Crippen LogP contribution in [0.5, 0.6) is 0 Å². The molecule has 188 valence electrons. The molecule has 0 unspecified atom stereocenters. The van der Waals surface area contributed by atoms with E-state index in [1.54, 1.807) is 19.1 Å². The number of aryl methyl sites for hydroxylation is 1. The van der Waals surface area contributed by atoms with Crippen LogP contribution in [0.15, 0.2) is 70.2 Å². The van der Waals surface area contributed by atoms with Crippen LogP contribution < -0.4 is 5.73 Å². The van der Waals surface area contributed by atoms with Crippen molar-refractivity contribution in [1.29, 1.82) is 0 Å². The van der Waals surface area contributed by atoms with E-state index in [1.807, 2.05) is 44.2 Å². The summed E-state index contributed by atoms with van der Waals surface area (Å²) in [4.78, 5) is 16.1. The summed E-state index contributed by atoms with van der Waals surface area (Å²) >= 11 is 0. The maximum atomic E-state index is 13.5. The fourth-order valence-electron chi connectivity index (χ4n) is 4.00. The van der Waals surface area contributed by atoms with Crippen LogP contribution >= 0.6 is 0 Å². The third-order valence-corrected chi connectivity index (χ3v) is 7.56. The first-order valence-electron chi connectivity index (χ1n) is 11.6. The average Bonchev–Trinajstić information content (AvgIpc) is 3.24. The van der Waals surface area contributed by atoms with Crippen molar-refractivity contribution in [3.63, 3.8) is 0 Å². The van der Waals surface area contributed by atoms with E-state index >= 15 is 0 Å². The number of carbonyl (C=O) groups is 1. The smallest absolute Gasteiger partial charge is 0.243 e. The van der Waals surface area contributed by atoms with Gasteiger partial charge in [0.05, 0.1) is 11.0 Å². The number of nitrogens with zero attached hydrogens (tertiary/aromatic N) is 2. The highest BCUT2D eigenvalue weighted by Crippen LogP contribution is 2.25. The van der Waals surface area contributed by atoms with Crippen molar-refractivity contribution in [2.75, 3.05) is 13.1 Å². The summed E-state index contributed by atoms with van der Waals surface area (Å²) in [5.74, 6) is -0.507. The van der Waals surface area contributed by atoms with E-state index in [2.05, 4.69) is 4.98 Å². The molecular formula is C26H33N3O5S. The van der Waals surface area contributed by atoms with Crippen LogP contribution in [0.25, 0.3) is 11.3 Å². The van der Waals surface area contributed by atoms with Crippen LogP contribution in [-0.2, 0) is 21.2 Å². The van der Waals surface area contributed by atoms with Gasteiger partial charge in [-0.15, -0.1) is 0 Å². The number of aliphatic hydroxyl groups excluding tert-OH is 1. The molecule has 1 aromatic heterocycles. The minimum absolute atomic E-state index is 0.0260. The normalized spacial score (nSPS) is 13.8. The molecule has 3 rings (SSSR count). The zero-order valence-electron chi connectivity index (χ0n) is 20.3. The third kappa shape index (κ3) is 7.24. The largest absolute Gasteiger partial charge is 0.449 e. The summed E-state index contributed by atoms with van der Waals surface area (Å²) in [5, 5.41) is 11.1. The Morgan fingerprint density at radius 3 is 2.29 bits per heavy atom. The monoisotopic (exact) mass is 499 g/mol. The van der Waals surface area contributed by atoms with E-state index in [9.17, 15) is 18.3 Å². The Balaban J connectivity index is 1.83. The van der Waals surface area contributed by atoms with Gasteiger partial charge in [0.2, 0.25) is 15.9 Å². The number of aromatic nitrogens is 1. The summed E-state index contributed by atoms with van der Waals surface area (Å²) in [7, 11) is -3.91. The quantitative estimate of drug-likeness (QED) is 0.393. The number of primary amides is 1. The summed E-state index contributed by atoms with van der Waals surface area (Å²) in [6.45, 7) is 5.64. The molecule has 0 aliphatic rings. The molecule has 1 heterocycles. The van der Waals surface area contributed by atoms with Gasteiger partial charge in [-0.2, -0.15) is 4.31 Å². The Bertz CT molecular complexity index is 1210. The minimum atomic E-state index is -3.91. The van der Waals surface area contributed by atoms with Crippen molar-refractivity contribution in [3.8, 4) is 11.3 Å². The number of nitrogens with two attached hydrogens (primary N) is 1. The summed E-state index contributed by atoms with van der Waals surface area (Å²) in [6, 6.07) is 15.9. The molecule has 35 heavy (non-hydrogen) atoms. The maximum Gasteiger partial charge on any atom is 0.243 e. The number of rotatable bonds is 12. The Morgan fingerprint density at radius 2 is 1.74 bits per heavy atom. The molecule has 3 N–H and O–H groups in total. The molecule has 0 fully saturated rings. The zero-order chi connectivity index (χ0) is 25.6. The first kappa shape index (κ1) is 26.6. The SMILES string of the molecule is Cc1nc(-c2ccc(S(=O)(=O)N(CC(C)C)C[C@@H](O)[C@H](CC(N)=O)Cc3ccccc3)cc2)co1. The molecule has 9 heteroatoms. The maximum absolute atomic E-state index is 13.5. The standard InChI is InChI=1S/C26H33N3O5S/c1-18(2)15-29(16-25(30)22(14-26(27)31)13-20-7-5-4-6-8-20)35(32,33)23-11-9-21(10-12-23)24-17-34-19(3)28-24/h4-12,17-18,22,25,30H,13-16H2,1-3H3,(H2,27,31)/t22-,25+/m0/s1. The number of hydrogen-bond acceptors (Lipinski definition) is 6. The third-order valence-electron chi connectivity index (χ3n) is 5.71. The van der Waals surface area contributed by atoms with Gasteiger partial charge < -0.3 is 15.3 Å². The number of aliphatic hydroxyl groups is 1. The Labute approximate surface area is 206 Å². The number of sulfonamides is 1. The van der Waals surface area contributed by atoms with Crippen LogP contribution in [0, 0.1) is 18.8 Å². The van der Waals surface area contributed by atoms with Gasteiger partial charge in [0.1, 0.15) is 12.0 Å². The lowest BCUT2D eigenvalue weighted by Crippen LogP contribution is -2.43. The van der Waals surface area contributed by atoms with Crippen molar-refractivity contribution in [2.45, 2.75) is 44.6 Å². The lowest BCUT2D eigenvalue weighted by molar-refractivity contribution is -0.119. The van der Waals surface area contributed by atoms with Crippen molar-refractivity contribution in [2.24, 2.45) is 17.6 Å². The number of amides is 1. The second-order valence-electron chi connectivity index (χ2n) is 9.18. The highest BCUT2D eigenvalue weighted by Gasteiger charge is 2.31. The Morgan fingerprint density at radius 1 is 1.09 bits per heavy atom. The van der Waals surface area contributed by atoms with Gasteiger partial charge in [-0.05, 0) is 36.0 Å². The lowest BCUT2D eigenvalue weighted by Gasteiger charge is -2.30. The van der Waals surface area contributed by atoms with Crippen LogP contribution in [0.3, 0.4) is 0 Å². The van der Waals surface area contributed by atoms with Gasteiger partial charge >= 0.3 is 0 Å². The topological polar surface area (TPSA) is 127 Å². The predicted octanol–water partition coefficient (Wildman–Crippen LogP) is 3.39. The highest BCUT2D eigenvalue weighted by molar-refractivity contribution is 7.89. The van der Waals surface area contributed by atoms with Crippen molar-refractivity contribution in [1.82, 2.24) is 9.29 Å². The van der Waals surface area contributed by atoms with E-state index < -0.39 is 28.0 Å². The van der Waals surface area contributed by atoms with Gasteiger partial charge in [-0.3, -0.25) is 4.79 Å². The van der Waals surface area contributed by atoms with E-state index in [0.29, 0.717) is 18.0 Å². The second-order valence-corrected chi connectivity index (χ2v) is 11.1. The fraction of sp³-hybridized carbons (Fsp3) is 0.385. The Hall–Kier alpha value is -3.01. The van der Waals surface area contributed by atoms with Gasteiger partial charge in [-0.1, -0.05) is 56.3 Å². The van der Waals surface area contributed by atoms with Gasteiger partial charge in [0.25, 0.3) is 0 Å². The number of oxazole rings is 1. The van der Waals surface area contributed by atoms with E-state index in [4.69, 9.17) is 10.2 Å². The van der Waals surface area contributed by atoms with Gasteiger partial charge in [0.15, 0.2) is 5.89 Å². The number of carbonyl (C=O) groups excluding carboxylic acids is 1. The van der Waals surface area contributed by atoms with E-state index in [0.717, 1.165) is 11.1 Å².